The minimum atomic E-state index is 0.199. The predicted octanol–water partition coefficient (Wildman–Crippen LogP) is 2.82. The lowest BCUT2D eigenvalue weighted by atomic mass is 10.1. The number of likely N-dealkylation sites (N-methyl/N-ethyl adjacent to an activating group) is 1. The van der Waals surface area contributed by atoms with Gasteiger partial charge in [0, 0.05) is 31.4 Å². The third-order valence-corrected chi connectivity index (χ3v) is 3.94. The van der Waals surface area contributed by atoms with Crippen LogP contribution >= 0.6 is 0 Å². The molecule has 1 saturated carbocycles. The number of aromatic nitrogens is 2. The van der Waals surface area contributed by atoms with E-state index in [1.165, 1.54) is 31.4 Å². The lowest BCUT2D eigenvalue weighted by Crippen LogP contribution is -2.40. The number of rotatable bonds is 6. The summed E-state index contributed by atoms with van der Waals surface area (Å²) in [4.78, 5) is 2.33. The van der Waals surface area contributed by atoms with Crippen LogP contribution in [-0.4, -0.2) is 40.4 Å². The minimum absolute atomic E-state index is 0.199. The van der Waals surface area contributed by atoms with E-state index < -0.39 is 0 Å². The lowest BCUT2D eigenvalue weighted by molar-refractivity contribution is 0.298. The maximum atomic E-state index is 4.74. The molecule has 1 aromatic rings. The summed E-state index contributed by atoms with van der Waals surface area (Å²) in [5, 5.41) is 8.26. The lowest BCUT2D eigenvalue weighted by Gasteiger charge is -2.23. The van der Waals surface area contributed by atoms with Crippen molar-refractivity contribution in [1.82, 2.24) is 20.0 Å². The molecule has 0 aliphatic heterocycles. The van der Waals surface area contributed by atoms with E-state index in [-0.39, 0.29) is 5.54 Å². The molecule has 0 aromatic carbocycles. The zero-order valence-electron chi connectivity index (χ0n) is 13.5. The summed E-state index contributed by atoms with van der Waals surface area (Å²) >= 11 is 0. The van der Waals surface area contributed by atoms with Gasteiger partial charge in [-0.1, -0.05) is 12.8 Å². The molecular weight excluding hydrogens is 248 g/mol. The summed E-state index contributed by atoms with van der Waals surface area (Å²) in [5.74, 6) is 0. The van der Waals surface area contributed by atoms with Crippen molar-refractivity contribution in [1.29, 1.82) is 0 Å². The molecular formula is C16H30N4. The van der Waals surface area contributed by atoms with E-state index in [0.29, 0.717) is 6.04 Å². The standard InChI is InChI=1S/C16H30N4/c1-16(2,3)17-10-12-19(4)13-14-9-11-20(18-14)15-7-5-6-8-15/h9,11,15,17H,5-8,10,12-13H2,1-4H3. The zero-order valence-corrected chi connectivity index (χ0v) is 13.5. The first-order valence-corrected chi connectivity index (χ1v) is 7.92. The van der Waals surface area contributed by atoms with Crippen LogP contribution in [0.15, 0.2) is 12.3 Å². The number of hydrogen-bond donors (Lipinski definition) is 1. The molecule has 1 aliphatic carbocycles. The fourth-order valence-corrected chi connectivity index (χ4v) is 2.81. The molecule has 4 heteroatoms. The fourth-order valence-electron chi connectivity index (χ4n) is 2.81. The van der Waals surface area contributed by atoms with Gasteiger partial charge in [-0.15, -0.1) is 0 Å². The van der Waals surface area contributed by atoms with Gasteiger partial charge in [-0.2, -0.15) is 5.10 Å². The second kappa shape index (κ2) is 6.72. The average Bonchev–Trinajstić information content (AvgIpc) is 2.96. The van der Waals surface area contributed by atoms with E-state index in [4.69, 9.17) is 5.10 Å². The van der Waals surface area contributed by atoms with Crippen molar-refractivity contribution in [3.8, 4) is 0 Å². The maximum Gasteiger partial charge on any atom is 0.0764 e. The molecule has 1 fully saturated rings. The molecule has 4 nitrogen and oxygen atoms in total. The van der Waals surface area contributed by atoms with E-state index in [1.54, 1.807) is 0 Å². The van der Waals surface area contributed by atoms with E-state index in [2.05, 4.69) is 55.0 Å². The third kappa shape index (κ3) is 4.91. The van der Waals surface area contributed by atoms with Crippen LogP contribution in [0.5, 0.6) is 0 Å². The van der Waals surface area contributed by atoms with Gasteiger partial charge in [-0.25, -0.2) is 0 Å². The maximum absolute atomic E-state index is 4.74. The van der Waals surface area contributed by atoms with Gasteiger partial charge in [0.15, 0.2) is 0 Å². The Morgan fingerprint density at radius 2 is 2.05 bits per heavy atom. The van der Waals surface area contributed by atoms with Crippen LogP contribution in [0.1, 0.15) is 58.2 Å². The van der Waals surface area contributed by atoms with Crippen LogP contribution in [-0.2, 0) is 6.54 Å². The summed E-state index contributed by atoms with van der Waals surface area (Å²) in [5.41, 5.74) is 1.39. The van der Waals surface area contributed by atoms with Crippen LogP contribution in [0, 0.1) is 0 Å². The SMILES string of the molecule is CN(CCNC(C)(C)C)Cc1ccn(C2CCCC2)n1. The van der Waals surface area contributed by atoms with Gasteiger partial charge in [0.1, 0.15) is 0 Å². The highest BCUT2D eigenvalue weighted by molar-refractivity contribution is 5.00. The summed E-state index contributed by atoms with van der Waals surface area (Å²) in [6.45, 7) is 9.62. The Hall–Kier alpha value is -0.870. The van der Waals surface area contributed by atoms with Gasteiger partial charge >= 0.3 is 0 Å². The quantitative estimate of drug-likeness (QED) is 0.868. The van der Waals surface area contributed by atoms with E-state index >= 15 is 0 Å². The molecule has 1 N–H and O–H groups in total. The molecule has 1 aromatic heterocycles. The van der Waals surface area contributed by atoms with Crippen LogP contribution in [0.2, 0.25) is 0 Å². The van der Waals surface area contributed by atoms with Crippen molar-refractivity contribution >= 4 is 0 Å². The topological polar surface area (TPSA) is 33.1 Å². The molecule has 2 rings (SSSR count). The van der Waals surface area contributed by atoms with Gasteiger partial charge in [0.05, 0.1) is 11.7 Å². The highest BCUT2D eigenvalue weighted by atomic mass is 15.3. The number of nitrogens with zero attached hydrogens (tertiary/aromatic N) is 3. The van der Waals surface area contributed by atoms with E-state index in [0.717, 1.165) is 19.6 Å². The molecule has 0 spiro atoms. The van der Waals surface area contributed by atoms with E-state index in [9.17, 15) is 0 Å². The molecule has 0 amide bonds. The Morgan fingerprint density at radius 1 is 1.35 bits per heavy atom. The van der Waals surface area contributed by atoms with Crippen molar-refractivity contribution in [2.45, 2.75) is 64.6 Å². The van der Waals surface area contributed by atoms with Crippen molar-refractivity contribution in [3.63, 3.8) is 0 Å². The zero-order chi connectivity index (χ0) is 14.6. The van der Waals surface area contributed by atoms with Gasteiger partial charge in [0.2, 0.25) is 0 Å². The first-order valence-electron chi connectivity index (χ1n) is 7.92. The van der Waals surface area contributed by atoms with Crippen LogP contribution in [0.4, 0.5) is 0 Å². The Bertz CT molecular complexity index is 399. The normalized spacial score (nSPS) is 17.2. The smallest absolute Gasteiger partial charge is 0.0764 e. The number of hydrogen-bond acceptors (Lipinski definition) is 3. The molecule has 20 heavy (non-hydrogen) atoms. The molecule has 1 aliphatic rings. The van der Waals surface area contributed by atoms with Crippen molar-refractivity contribution < 1.29 is 0 Å². The minimum Gasteiger partial charge on any atom is -0.311 e. The number of nitrogens with one attached hydrogen (secondary N) is 1. The van der Waals surface area contributed by atoms with E-state index in [1.807, 2.05) is 0 Å². The summed E-state index contributed by atoms with van der Waals surface area (Å²) in [6, 6.07) is 2.82. The summed E-state index contributed by atoms with van der Waals surface area (Å²) in [6.07, 6.45) is 7.47. The Kier molecular flexibility index (Phi) is 5.22. The first kappa shape index (κ1) is 15.5. The summed E-state index contributed by atoms with van der Waals surface area (Å²) in [7, 11) is 2.17. The second-order valence-corrected chi connectivity index (χ2v) is 7.14. The van der Waals surface area contributed by atoms with Gasteiger partial charge < -0.3 is 5.32 Å². The Morgan fingerprint density at radius 3 is 2.70 bits per heavy atom. The van der Waals surface area contributed by atoms with Crippen LogP contribution in [0.3, 0.4) is 0 Å². The van der Waals surface area contributed by atoms with Crippen LogP contribution < -0.4 is 5.32 Å². The summed E-state index contributed by atoms with van der Waals surface area (Å²) < 4.78 is 2.18. The van der Waals surface area contributed by atoms with Crippen molar-refractivity contribution in [3.05, 3.63) is 18.0 Å². The highest BCUT2D eigenvalue weighted by Gasteiger charge is 2.17. The fraction of sp³-hybridized carbons (Fsp3) is 0.812. The highest BCUT2D eigenvalue weighted by Crippen LogP contribution is 2.28. The molecule has 114 valence electrons. The molecule has 0 radical (unpaired) electrons. The molecule has 0 bridgehead atoms. The molecule has 0 atom stereocenters. The molecule has 0 saturated heterocycles. The van der Waals surface area contributed by atoms with Crippen molar-refractivity contribution in [2.75, 3.05) is 20.1 Å². The van der Waals surface area contributed by atoms with Gasteiger partial charge in [-0.3, -0.25) is 9.58 Å². The van der Waals surface area contributed by atoms with Crippen LogP contribution in [0.25, 0.3) is 0 Å². The second-order valence-electron chi connectivity index (χ2n) is 7.14. The predicted molar refractivity (Wildman–Crippen MR) is 83.8 cm³/mol. The van der Waals surface area contributed by atoms with Gasteiger partial charge in [-0.05, 0) is 46.7 Å². The first-order chi connectivity index (χ1) is 9.44. The largest absolute Gasteiger partial charge is 0.311 e. The Labute approximate surface area is 123 Å². The van der Waals surface area contributed by atoms with Gasteiger partial charge in [0.25, 0.3) is 0 Å². The Balaban J connectivity index is 1.75. The molecule has 0 unspecified atom stereocenters. The molecule has 1 heterocycles. The third-order valence-electron chi connectivity index (χ3n) is 3.94. The monoisotopic (exact) mass is 278 g/mol. The van der Waals surface area contributed by atoms with Crippen molar-refractivity contribution in [2.24, 2.45) is 0 Å². The average molecular weight is 278 g/mol.